The number of fused-ring (bicyclic) bond motifs is 4. The molecule has 0 spiro atoms. The SMILES string of the molecule is C1=CCCC(c2cccc3c2ccc2cc4c(-c5ccccc5)cccc4cc23)=C1. The van der Waals surface area contributed by atoms with E-state index in [2.05, 4.69) is 109 Å². The number of hydrogen-bond donors (Lipinski definition) is 0. The summed E-state index contributed by atoms with van der Waals surface area (Å²) in [5, 5.41) is 7.93. The number of allylic oxidation sites excluding steroid dienone is 4. The second kappa shape index (κ2) is 7.00. The van der Waals surface area contributed by atoms with Crippen molar-refractivity contribution in [3.63, 3.8) is 0 Å². The first-order chi connectivity index (χ1) is 14.9. The Morgan fingerprint density at radius 3 is 2.20 bits per heavy atom. The minimum absolute atomic E-state index is 1.12. The van der Waals surface area contributed by atoms with Crippen LogP contribution >= 0.6 is 0 Å². The van der Waals surface area contributed by atoms with Crippen molar-refractivity contribution in [3.8, 4) is 11.1 Å². The zero-order valence-corrected chi connectivity index (χ0v) is 16.8. The summed E-state index contributed by atoms with van der Waals surface area (Å²) in [6.07, 6.45) is 8.96. The Bertz CT molecular complexity index is 1470. The van der Waals surface area contributed by atoms with Crippen LogP contribution in [-0.2, 0) is 0 Å². The van der Waals surface area contributed by atoms with Crippen LogP contribution in [-0.4, -0.2) is 0 Å². The van der Waals surface area contributed by atoms with Gasteiger partial charge in [-0.25, -0.2) is 0 Å². The number of rotatable bonds is 2. The van der Waals surface area contributed by atoms with Crippen LogP contribution in [0.2, 0.25) is 0 Å². The summed E-state index contributed by atoms with van der Waals surface area (Å²) in [6.45, 7) is 0. The van der Waals surface area contributed by atoms with Gasteiger partial charge in [-0.2, -0.15) is 0 Å². The third-order valence-electron chi connectivity index (χ3n) is 6.32. The van der Waals surface area contributed by atoms with Gasteiger partial charge in [0.1, 0.15) is 0 Å². The molecule has 30 heavy (non-hydrogen) atoms. The van der Waals surface area contributed by atoms with Crippen LogP contribution in [0, 0.1) is 0 Å². The molecule has 0 bridgehead atoms. The lowest BCUT2D eigenvalue weighted by molar-refractivity contribution is 1.06. The van der Waals surface area contributed by atoms with E-state index >= 15 is 0 Å². The molecule has 0 saturated heterocycles. The van der Waals surface area contributed by atoms with Crippen LogP contribution in [0.4, 0.5) is 0 Å². The lowest BCUT2D eigenvalue weighted by Crippen LogP contribution is -1.90. The monoisotopic (exact) mass is 382 g/mol. The predicted molar refractivity (Wildman–Crippen MR) is 131 cm³/mol. The Kier molecular flexibility index (Phi) is 4.02. The highest BCUT2D eigenvalue weighted by molar-refractivity contribution is 6.15. The minimum Gasteiger partial charge on any atom is -0.0842 e. The average molecular weight is 383 g/mol. The standard InChI is InChI=1S/C30H22/c1-3-9-21(10-4-1)25-15-8-16-27-28(25)18-17-24-20-29-23(19-30(24)27)13-7-14-26(29)22-11-5-2-6-12-22/h1-3,5-9,11-20H,4,10H2. The van der Waals surface area contributed by atoms with E-state index in [0.29, 0.717) is 0 Å². The molecule has 0 aliphatic heterocycles. The van der Waals surface area contributed by atoms with E-state index in [-0.39, 0.29) is 0 Å². The third-order valence-corrected chi connectivity index (χ3v) is 6.32. The van der Waals surface area contributed by atoms with Crippen molar-refractivity contribution in [2.45, 2.75) is 12.8 Å². The van der Waals surface area contributed by atoms with Crippen LogP contribution in [0.25, 0.3) is 49.0 Å². The van der Waals surface area contributed by atoms with E-state index in [1.165, 1.54) is 54.6 Å². The van der Waals surface area contributed by atoms with Crippen LogP contribution in [0.5, 0.6) is 0 Å². The minimum atomic E-state index is 1.12. The van der Waals surface area contributed by atoms with Gasteiger partial charge in [-0.3, -0.25) is 0 Å². The molecule has 0 N–H and O–H groups in total. The summed E-state index contributed by atoms with van der Waals surface area (Å²) in [6, 6.07) is 33.4. The topological polar surface area (TPSA) is 0 Å². The Labute approximate surface area is 176 Å². The molecular formula is C30H22. The van der Waals surface area contributed by atoms with Crippen molar-refractivity contribution in [3.05, 3.63) is 115 Å². The average Bonchev–Trinajstić information content (AvgIpc) is 2.83. The van der Waals surface area contributed by atoms with Gasteiger partial charge >= 0.3 is 0 Å². The summed E-state index contributed by atoms with van der Waals surface area (Å²) in [4.78, 5) is 0. The fourth-order valence-corrected chi connectivity index (χ4v) is 4.84. The zero-order chi connectivity index (χ0) is 19.9. The third kappa shape index (κ3) is 2.76. The Morgan fingerprint density at radius 2 is 1.33 bits per heavy atom. The van der Waals surface area contributed by atoms with Crippen molar-refractivity contribution < 1.29 is 0 Å². The second-order valence-corrected chi connectivity index (χ2v) is 8.09. The molecule has 5 aromatic rings. The highest BCUT2D eigenvalue weighted by Gasteiger charge is 2.11. The van der Waals surface area contributed by atoms with Crippen LogP contribution in [0.1, 0.15) is 18.4 Å². The highest BCUT2D eigenvalue weighted by Crippen LogP contribution is 2.37. The second-order valence-electron chi connectivity index (χ2n) is 8.09. The first kappa shape index (κ1) is 17.2. The van der Waals surface area contributed by atoms with Crippen LogP contribution < -0.4 is 0 Å². The van der Waals surface area contributed by atoms with E-state index < -0.39 is 0 Å². The van der Waals surface area contributed by atoms with Gasteiger partial charge in [0.2, 0.25) is 0 Å². The van der Waals surface area contributed by atoms with Gasteiger partial charge < -0.3 is 0 Å². The van der Waals surface area contributed by atoms with Gasteiger partial charge in [-0.05, 0) is 79.6 Å². The first-order valence-electron chi connectivity index (χ1n) is 10.7. The molecule has 0 heteroatoms. The molecule has 0 atom stereocenters. The lowest BCUT2D eigenvalue weighted by Gasteiger charge is -2.15. The molecule has 1 aliphatic rings. The number of benzene rings is 5. The zero-order valence-electron chi connectivity index (χ0n) is 16.8. The maximum atomic E-state index is 2.37. The number of hydrogen-bond acceptors (Lipinski definition) is 0. The summed E-state index contributed by atoms with van der Waals surface area (Å²) < 4.78 is 0. The quantitative estimate of drug-likeness (QED) is 0.212. The smallest absolute Gasteiger partial charge is 0.00988 e. The maximum absolute atomic E-state index is 2.37. The molecule has 0 nitrogen and oxygen atoms in total. The van der Waals surface area contributed by atoms with E-state index in [1.54, 1.807) is 0 Å². The maximum Gasteiger partial charge on any atom is -0.00988 e. The molecule has 0 unspecified atom stereocenters. The highest BCUT2D eigenvalue weighted by atomic mass is 14.2. The van der Waals surface area contributed by atoms with Gasteiger partial charge in [0.05, 0.1) is 0 Å². The molecule has 0 heterocycles. The van der Waals surface area contributed by atoms with E-state index in [0.717, 1.165) is 12.8 Å². The molecule has 1 aliphatic carbocycles. The van der Waals surface area contributed by atoms with Crippen molar-refractivity contribution >= 4 is 37.9 Å². The van der Waals surface area contributed by atoms with E-state index in [1.807, 2.05) is 0 Å². The molecule has 5 aromatic carbocycles. The largest absolute Gasteiger partial charge is 0.0842 e. The fourth-order valence-electron chi connectivity index (χ4n) is 4.84. The first-order valence-corrected chi connectivity index (χ1v) is 10.7. The van der Waals surface area contributed by atoms with Gasteiger partial charge in [-0.15, -0.1) is 0 Å². The molecule has 0 amide bonds. The predicted octanol–water partition coefficient (Wildman–Crippen LogP) is 8.55. The van der Waals surface area contributed by atoms with Gasteiger partial charge in [0.25, 0.3) is 0 Å². The Balaban J connectivity index is 1.63. The fraction of sp³-hybridized carbons (Fsp3) is 0.0667. The normalized spacial score (nSPS) is 13.8. The van der Waals surface area contributed by atoms with Gasteiger partial charge in [-0.1, -0.05) is 97.1 Å². The van der Waals surface area contributed by atoms with Crippen LogP contribution in [0.15, 0.2) is 109 Å². The Hall–Kier alpha value is -3.64. The summed E-state index contributed by atoms with van der Waals surface area (Å²) in [5.41, 5.74) is 5.37. The molecule has 142 valence electrons. The molecule has 6 rings (SSSR count). The van der Waals surface area contributed by atoms with Crippen molar-refractivity contribution in [2.24, 2.45) is 0 Å². The molecule has 0 radical (unpaired) electrons. The van der Waals surface area contributed by atoms with E-state index in [9.17, 15) is 0 Å². The van der Waals surface area contributed by atoms with Crippen LogP contribution in [0.3, 0.4) is 0 Å². The molecule has 0 aromatic heterocycles. The van der Waals surface area contributed by atoms with Gasteiger partial charge in [0, 0.05) is 0 Å². The molecule has 0 saturated carbocycles. The lowest BCUT2D eigenvalue weighted by atomic mass is 9.89. The summed E-state index contributed by atoms with van der Waals surface area (Å²) in [7, 11) is 0. The molecular weight excluding hydrogens is 360 g/mol. The van der Waals surface area contributed by atoms with Crippen molar-refractivity contribution in [1.29, 1.82) is 0 Å². The Morgan fingerprint density at radius 1 is 0.533 bits per heavy atom. The van der Waals surface area contributed by atoms with Gasteiger partial charge in [0.15, 0.2) is 0 Å². The van der Waals surface area contributed by atoms with Crippen molar-refractivity contribution in [1.82, 2.24) is 0 Å². The van der Waals surface area contributed by atoms with Crippen molar-refractivity contribution in [2.75, 3.05) is 0 Å². The summed E-state index contributed by atoms with van der Waals surface area (Å²) >= 11 is 0. The van der Waals surface area contributed by atoms with E-state index in [4.69, 9.17) is 0 Å². The molecule has 0 fully saturated rings. The summed E-state index contributed by atoms with van der Waals surface area (Å²) in [5.74, 6) is 0.